The number of hydrogen-bond acceptors (Lipinski definition) is 2. The van der Waals surface area contributed by atoms with E-state index in [4.69, 9.17) is 0 Å². The van der Waals surface area contributed by atoms with Gasteiger partial charge in [0.25, 0.3) is 0 Å². The molecular weight excluding hydrogens is 351 g/mol. The van der Waals surface area contributed by atoms with Crippen LogP contribution in [0.1, 0.15) is 39.5 Å². The predicted molar refractivity (Wildman–Crippen MR) is 92.4 cm³/mol. The number of guanidine groups is 1. The van der Waals surface area contributed by atoms with Gasteiger partial charge in [0.1, 0.15) is 0 Å². The molecule has 0 radical (unpaired) electrons. The molecule has 0 aromatic rings. The van der Waals surface area contributed by atoms with Crippen LogP contribution in [0.4, 0.5) is 0 Å². The number of rotatable bonds is 4. The fourth-order valence-corrected chi connectivity index (χ4v) is 2.62. The van der Waals surface area contributed by atoms with Crippen LogP contribution >= 0.6 is 24.0 Å². The molecule has 5 heteroatoms. The van der Waals surface area contributed by atoms with Crippen LogP contribution in [-0.4, -0.2) is 49.6 Å². The minimum atomic E-state index is 0. The molecule has 0 aromatic heterocycles. The molecule has 19 heavy (non-hydrogen) atoms. The molecule has 1 heterocycles. The molecule has 2 N–H and O–H groups in total. The molecule has 2 atom stereocenters. The van der Waals surface area contributed by atoms with Gasteiger partial charge in [0.2, 0.25) is 0 Å². The van der Waals surface area contributed by atoms with E-state index in [0.29, 0.717) is 12.1 Å². The average Bonchev–Trinajstić information content (AvgIpc) is 3.18. The summed E-state index contributed by atoms with van der Waals surface area (Å²) in [4.78, 5) is 6.88. The fourth-order valence-electron chi connectivity index (χ4n) is 2.62. The number of halogens is 1. The van der Waals surface area contributed by atoms with Gasteiger partial charge >= 0.3 is 0 Å². The lowest BCUT2D eigenvalue weighted by Crippen LogP contribution is -2.48. The third-order valence-electron chi connectivity index (χ3n) is 4.02. The molecule has 1 aliphatic heterocycles. The van der Waals surface area contributed by atoms with Gasteiger partial charge in [0.15, 0.2) is 5.96 Å². The van der Waals surface area contributed by atoms with Crippen molar-refractivity contribution < 1.29 is 0 Å². The van der Waals surface area contributed by atoms with Gasteiger partial charge in [0.05, 0.1) is 0 Å². The summed E-state index contributed by atoms with van der Waals surface area (Å²) in [6, 6.07) is 1.26. The zero-order chi connectivity index (χ0) is 13.0. The second-order valence-electron chi connectivity index (χ2n) is 5.96. The van der Waals surface area contributed by atoms with E-state index < -0.39 is 0 Å². The molecule has 112 valence electrons. The maximum absolute atomic E-state index is 4.28. The van der Waals surface area contributed by atoms with Crippen LogP contribution in [0.5, 0.6) is 0 Å². The van der Waals surface area contributed by atoms with Crippen molar-refractivity contribution in [2.75, 3.05) is 26.7 Å². The first-order valence-corrected chi connectivity index (χ1v) is 7.40. The summed E-state index contributed by atoms with van der Waals surface area (Å²) < 4.78 is 0. The van der Waals surface area contributed by atoms with E-state index in [1.54, 1.807) is 0 Å². The molecule has 2 unspecified atom stereocenters. The number of likely N-dealkylation sites (tertiary alicyclic amines) is 1. The van der Waals surface area contributed by atoms with Crippen molar-refractivity contribution in [3.8, 4) is 0 Å². The van der Waals surface area contributed by atoms with Gasteiger partial charge in [-0.25, -0.2) is 0 Å². The summed E-state index contributed by atoms with van der Waals surface area (Å²) in [5, 5.41) is 6.88. The summed E-state index contributed by atoms with van der Waals surface area (Å²) in [6.07, 6.45) is 5.32. The van der Waals surface area contributed by atoms with Crippen molar-refractivity contribution >= 4 is 29.9 Å². The van der Waals surface area contributed by atoms with Gasteiger partial charge < -0.3 is 10.6 Å². The Morgan fingerprint density at radius 2 is 2.11 bits per heavy atom. The average molecular weight is 380 g/mol. The van der Waals surface area contributed by atoms with Gasteiger partial charge in [0, 0.05) is 32.2 Å². The van der Waals surface area contributed by atoms with E-state index in [1.807, 2.05) is 7.05 Å². The highest BCUT2D eigenvalue weighted by Gasteiger charge is 2.23. The van der Waals surface area contributed by atoms with Crippen LogP contribution in [0, 0.1) is 5.92 Å². The van der Waals surface area contributed by atoms with Crippen LogP contribution in [0.3, 0.4) is 0 Å². The summed E-state index contributed by atoms with van der Waals surface area (Å²) in [5.74, 6) is 1.82. The van der Waals surface area contributed by atoms with E-state index in [-0.39, 0.29) is 24.0 Å². The van der Waals surface area contributed by atoms with E-state index in [0.717, 1.165) is 18.4 Å². The molecule has 1 saturated carbocycles. The zero-order valence-corrected chi connectivity index (χ0v) is 14.8. The Bertz CT molecular complexity index is 291. The molecule has 0 amide bonds. The topological polar surface area (TPSA) is 39.7 Å². The second kappa shape index (κ2) is 8.29. The second-order valence-corrected chi connectivity index (χ2v) is 5.96. The Labute approximate surface area is 134 Å². The third kappa shape index (κ3) is 5.85. The molecule has 4 nitrogen and oxygen atoms in total. The Balaban J connectivity index is 0.00000180. The normalized spacial score (nSPS) is 26.5. The zero-order valence-electron chi connectivity index (χ0n) is 12.5. The SMILES string of the molecule is CN=C(NCC(C)N1CCCC(C)C1)NC1CC1.I. The minimum Gasteiger partial charge on any atom is -0.355 e. The summed E-state index contributed by atoms with van der Waals surface area (Å²) in [5.41, 5.74) is 0. The fraction of sp³-hybridized carbons (Fsp3) is 0.929. The first kappa shape index (κ1) is 17.0. The monoisotopic (exact) mass is 380 g/mol. The van der Waals surface area contributed by atoms with Gasteiger partial charge in [-0.3, -0.25) is 9.89 Å². The maximum atomic E-state index is 4.28. The first-order chi connectivity index (χ1) is 8.69. The quantitative estimate of drug-likeness (QED) is 0.446. The lowest BCUT2D eigenvalue weighted by Gasteiger charge is -2.35. The standard InChI is InChI=1S/C14H28N4.HI/c1-11-5-4-8-18(10-11)12(2)9-16-14(15-3)17-13-6-7-13;/h11-13H,4-10H2,1-3H3,(H2,15,16,17);1H. The smallest absolute Gasteiger partial charge is 0.191 e. The molecule has 2 rings (SSSR count). The van der Waals surface area contributed by atoms with E-state index >= 15 is 0 Å². The first-order valence-electron chi connectivity index (χ1n) is 7.40. The van der Waals surface area contributed by atoms with Crippen LogP contribution in [-0.2, 0) is 0 Å². The van der Waals surface area contributed by atoms with Crippen molar-refractivity contribution in [1.82, 2.24) is 15.5 Å². The van der Waals surface area contributed by atoms with Crippen LogP contribution < -0.4 is 10.6 Å². The lowest BCUT2D eigenvalue weighted by atomic mass is 9.99. The van der Waals surface area contributed by atoms with Crippen LogP contribution in [0.15, 0.2) is 4.99 Å². The molecule has 0 spiro atoms. The van der Waals surface area contributed by atoms with Crippen molar-refractivity contribution in [1.29, 1.82) is 0 Å². The van der Waals surface area contributed by atoms with Gasteiger partial charge in [-0.15, -0.1) is 24.0 Å². The van der Waals surface area contributed by atoms with Crippen LogP contribution in [0.25, 0.3) is 0 Å². The largest absolute Gasteiger partial charge is 0.355 e. The summed E-state index contributed by atoms with van der Waals surface area (Å²) in [6.45, 7) is 8.16. The number of nitrogens with zero attached hydrogens (tertiary/aromatic N) is 2. The molecule has 2 fully saturated rings. The van der Waals surface area contributed by atoms with Crippen molar-refractivity contribution in [3.05, 3.63) is 0 Å². The molecule has 2 aliphatic rings. The third-order valence-corrected chi connectivity index (χ3v) is 4.02. The van der Waals surface area contributed by atoms with Crippen molar-refractivity contribution in [2.45, 2.75) is 51.6 Å². The Hall–Kier alpha value is -0.0400. The number of aliphatic imine (C=N–C) groups is 1. The van der Waals surface area contributed by atoms with Crippen molar-refractivity contribution in [2.24, 2.45) is 10.9 Å². The van der Waals surface area contributed by atoms with Crippen molar-refractivity contribution in [3.63, 3.8) is 0 Å². The van der Waals surface area contributed by atoms with E-state index in [1.165, 1.54) is 38.8 Å². The molecule has 0 bridgehead atoms. The van der Waals surface area contributed by atoms with Crippen LogP contribution in [0.2, 0.25) is 0 Å². The molecule has 0 aromatic carbocycles. The number of piperidine rings is 1. The molecular formula is C14H29IN4. The number of hydrogen-bond donors (Lipinski definition) is 2. The summed E-state index contributed by atoms with van der Waals surface area (Å²) in [7, 11) is 1.85. The van der Waals surface area contributed by atoms with Gasteiger partial charge in [-0.05, 0) is 45.1 Å². The highest BCUT2D eigenvalue weighted by Crippen LogP contribution is 2.18. The Kier molecular flexibility index (Phi) is 7.42. The lowest BCUT2D eigenvalue weighted by molar-refractivity contribution is 0.139. The maximum Gasteiger partial charge on any atom is 0.191 e. The van der Waals surface area contributed by atoms with E-state index in [2.05, 4.69) is 34.4 Å². The molecule has 1 aliphatic carbocycles. The Morgan fingerprint density at radius 3 is 2.68 bits per heavy atom. The minimum absolute atomic E-state index is 0. The van der Waals surface area contributed by atoms with E-state index in [9.17, 15) is 0 Å². The summed E-state index contributed by atoms with van der Waals surface area (Å²) >= 11 is 0. The highest BCUT2D eigenvalue weighted by atomic mass is 127. The predicted octanol–water partition coefficient (Wildman–Crippen LogP) is 2.05. The van der Waals surface area contributed by atoms with Gasteiger partial charge in [-0.1, -0.05) is 6.92 Å². The Morgan fingerprint density at radius 1 is 1.37 bits per heavy atom. The highest BCUT2D eigenvalue weighted by molar-refractivity contribution is 14.0. The van der Waals surface area contributed by atoms with Gasteiger partial charge in [-0.2, -0.15) is 0 Å². The number of nitrogens with one attached hydrogen (secondary N) is 2. The molecule has 1 saturated heterocycles.